The van der Waals surface area contributed by atoms with Crippen molar-refractivity contribution in [3.8, 4) is 0 Å². The van der Waals surface area contributed by atoms with Crippen LogP contribution in [0.15, 0.2) is 0 Å². The molecule has 0 aromatic carbocycles. The Balaban J connectivity index is 3.81. The van der Waals surface area contributed by atoms with Gasteiger partial charge in [-0.3, -0.25) is 0 Å². The Morgan fingerprint density at radius 2 is 2.00 bits per heavy atom. The van der Waals surface area contributed by atoms with Crippen LogP contribution in [0.5, 0.6) is 0 Å². The summed E-state index contributed by atoms with van der Waals surface area (Å²) in [6.07, 6.45) is -2.83. The predicted molar refractivity (Wildman–Crippen MR) is 38.7 cm³/mol. The maximum Gasteiger partial charge on any atom is 0.111 e. The van der Waals surface area contributed by atoms with Crippen LogP contribution in [0, 0.1) is 0 Å². The van der Waals surface area contributed by atoms with Crippen LogP contribution in [0.1, 0.15) is 6.92 Å². The van der Waals surface area contributed by atoms with Crippen LogP contribution in [0.25, 0.3) is 0 Å². The molecule has 0 aliphatic carbocycles. The standard InChI is InChI=1S/C6H15NO4/c1-4(9)6(10)5(2-8)11-3-7/h4-6,8-10H,2-3,7H2,1H3. The molecule has 0 heterocycles. The van der Waals surface area contributed by atoms with E-state index in [0.29, 0.717) is 0 Å². The molecule has 11 heavy (non-hydrogen) atoms. The molecular weight excluding hydrogens is 150 g/mol. The molecule has 0 bridgehead atoms. The van der Waals surface area contributed by atoms with E-state index in [2.05, 4.69) is 0 Å². The Kier molecular flexibility index (Phi) is 5.35. The molecule has 0 radical (unpaired) electrons. The zero-order chi connectivity index (χ0) is 8.85. The zero-order valence-corrected chi connectivity index (χ0v) is 6.47. The van der Waals surface area contributed by atoms with E-state index in [4.69, 9.17) is 25.8 Å². The molecule has 5 N–H and O–H groups in total. The first-order chi connectivity index (χ1) is 5.13. The van der Waals surface area contributed by atoms with Crippen molar-refractivity contribution >= 4 is 0 Å². The maximum atomic E-state index is 9.13. The molecule has 0 saturated heterocycles. The number of ether oxygens (including phenoxy) is 1. The average Bonchev–Trinajstić information content (AvgIpc) is 1.98. The van der Waals surface area contributed by atoms with Gasteiger partial charge in [-0.2, -0.15) is 0 Å². The molecule has 0 aliphatic rings. The van der Waals surface area contributed by atoms with E-state index in [1.807, 2.05) is 0 Å². The smallest absolute Gasteiger partial charge is 0.111 e. The van der Waals surface area contributed by atoms with E-state index in [-0.39, 0.29) is 13.3 Å². The van der Waals surface area contributed by atoms with Crippen LogP contribution in [0.3, 0.4) is 0 Å². The molecule has 0 aromatic heterocycles. The van der Waals surface area contributed by atoms with Crippen LogP contribution in [0.2, 0.25) is 0 Å². The average molecular weight is 165 g/mol. The summed E-state index contributed by atoms with van der Waals surface area (Å²) in [7, 11) is 0. The van der Waals surface area contributed by atoms with Gasteiger partial charge in [-0.1, -0.05) is 0 Å². The maximum absolute atomic E-state index is 9.13. The van der Waals surface area contributed by atoms with Crippen molar-refractivity contribution in [3.63, 3.8) is 0 Å². The third kappa shape index (κ3) is 3.64. The first-order valence-corrected chi connectivity index (χ1v) is 3.42. The van der Waals surface area contributed by atoms with Gasteiger partial charge in [0.25, 0.3) is 0 Å². The lowest BCUT2D eigenvalue weighted by atomic mass is 10.1. The quantitative estimate of drug-likeness (QED) is 0.354. The van der Waals surface area contributed by atoms with Gasteiger partial charge >= 0.3 is 0 Å². The molecule has 3 atom stereocenters. The lowest BCUT2D eigenvalue weighted by molar-refractivity contribution is -0.101. The van der Waals surface area contributed by atoms with Gasteiger partial charge < -0.3 is 25.8 Å². The molecule has 0 aliphatic heterocycles. The van der Waals surface area contributed by atoms with Crippen LogP contribution in [-0.2, 0) is 4.74 Å². The third-order valence-electron chi connectivity index (χ3n) is 1.37. The topological polar surface area (TPSA) is 95.9 Å². The second-order valence-electron chi connectivity index (χ2n) is 2.29. The summed E-state index contributed by atoms with van der Waals surface area (Å²) in [6.45, 7) is 0.964. The van der Waals surface area contributed by atoms with E-state index >= 15 is 0 Å². The Morgan fingerprint density at radius 1 is 1.45 bits per heavy atom. The van der Waals surface area contributed by atoms with Crippen molar-refractivity contribution < 1.29 is 20.1 Å². The van der Waals surface area contributed by atoms with Crippen LogP contribution >= 0.6 is 0 Å². The molecule has 0 rings (SSSR count). The van der Waals surface area contributed by atoms with Gasteiger partial charge in [-0.15, -0.1) is 0 Å². The lowest BCUT2D eigenvalue weighted by Gasteiger charge is -2.22. The Bertz CT molecular complexity index is 98.6. The Hall–Kier alpha value is -0.200. The fourth-order valence-electron chi connectivity index (χ4n) is 0.694. The van der Waals surface area contributed by atoms with E-state index in [1.54, 1.807) is 0 Å². The normalized spacial score (nSPS) is 19.4. The van der Waals surface area contributed by atoms with E-state index < -0.39 is 18.3 Å². The van der Waals surface area contributed by atoms with Gasteiger partial charge in [0.15, 0.2) is 0 Å². The molecule has 5 nitrogen and oxygen atoms in total. The van der Waals surface area contributed by atoms with Gasteiger partial charge in [0.05, 0.1) is 19.4 Å². The summed E-state index contributed by atoms with van der Waals surface area (Å²) >= 11 is 0. The Labute approximate surface area is 65.4 Å². The fourth-order valence-corrected chi connectivity index (χ4v) is 0.694. The minimum absolute atomic E-state index is 0.0883. The summed E-state index contributed by atoms with van der Waals surface area (Å²) in [5, 5.41) is 26.6. The zero-order valence-electron chi connectivity index (χ0n) is 6.47. The van der Waals surface area contributed by atoms with Gasteiger partial charge in [-0.25, -0.2) is 0 Å². The van der Waals surface area contributed by atoms with Gasteiger partial charge in [0.1, 0.15) is 12.2 Å². The highest BCUT2D eigenvalue weighted by Crippen LogP contribution is 2.02. The van der Waals surface area contributed by atoms with Gasteiger partial charge in [0, 0.05) is 0 Å². The molecule has 0 fully saturated rings. The predicted octanol–water partition coefficient (Wildman–Crippen LogP) is -1.98. The second kappa shape index (κ2) is 5.45. The molecule has 0 saturated carbocycles. The largest absolute Gasteiger partial charge is 0.394 e. The fraction of sp³-hybridized carbons (Fsp3) is 1.00. The monoisotopic (exact) mass is 165 g/mol. The lowest BCUT2D eigenvalue weighted by Crippen LogP contribution is -2.40. The first-order valence-electron chi connectivity index (χ1n) is 3.42. The number of hydrogen-bond donors (Lipinski definition) is 4. The minimum Gasteiger partial charge on any atom is -0.394 e. The summed E-state index contributed by atoms with van der Waals surface area (Å²) in [5.74, 6) is 0. The highest BCUT2D eigenvalue weighted by atomic mass is 16.5. The number of aliphatic hydroxyl groups is 3. The molecular formula is C6H15NO4. The summed E-state index contributed by atoms with van der Waals surface area (Å²) in [6, 6.07) is 0. The summed E-state index contributed by atoms with van der Waals surface area (Å²) in [4.78, 5) is 0. The number of rotatable bonds is 5. The highest BCUT2D eigenvalue weighted by molar-refractivity contribution is 4.72. The first kappa shape index (κ1) is 10.8. The van der Waals surface area contributed by atoms with Crippen molar-refractivity contribution in [3.05, 3.63) is 0 Å². The van der Waals surface area contributed by atoms with Crippen LogP contribution in [0.4, 0.5) is 0 Å². The molecule has 0 aromatic rings. The van der Waals surface area contributed by atoms with Crippen molar-refractivity contribution in [1.29, 1.82) is 0 Å². The van der Waals surface area contributed by atoms with Gasteiger partial charge in [0.2, 0.25) is 0 Å². The number of nitrogens with two attached hydrogens (primary N) is 1. The molecule has 0 amide bonds. The number of aliphatic hydroxyl groups excluding tert-OH is 3. The van der Waals surface area contributed by atoms with Crippen LogP contribution in [-0.4, -0.2) is 47.0 Å². The number of hydrogen-bond acceptors (Lipinski definition) is 5. The summed E-state index contributed by atoms with van der Waals surface area (Å²) < 4.78 is 4.73. The van der Waals surface area contributed by atoms with E-state index in [0.717, 1.165) is 0 Å². The SMILES string of the molecule is CC(O)C(O)C(CO)OCN. The molecule has 5 heteroatoms. The molecule has 3 unspecified atom stereocenters. The van der Waals surface area contributed by atoms with E-state index in [9.17, 15) is 0 Å². The van der Waals surface area contributed by atoms with Crippen molar-refractivity contribution in [2.75, 3.05) is 13.3 Å². The van der Waals surface area contributed by atoms with Crippen molar-refractivity contribution in [2.45, 2.75) is 25.2 Å². The highest BCUT2D eigenvalue weighted by Gasteiger charge is 2.22. The van der Waals surface area contributed by atoms with Crippen LogP contribution < -0.4 is 5.73 Å². The molecule has 0 spiro atoms. The third-order valence-corrected chi connectivity index (χ3v) is 1.37. The van der Waals surface area contributed by atoms with Gasteiger partial charge in [-0.05, 0) is 6.92 Å². The minimum atomic E-state index is -1.09. The van der Waals surface area contributed by atoms with Crippen molar-refractivity contribution in [2.24, 2.45) is 5.73 Å². The Morgan fingerprint density at radius 3 is 2.27 bits per heavy atom. The second-order valence-corrected chi connectivity index (χ2v) is 2.29. The van der Waals surface area contributed by atoms with Crippen molar-refractivity contribution in [1.82, 2.24) is 0 Å². The van der Waals surface area contributed by atoms with E-state index in [1.165, 1.54) is 6.92 Å². The molecule has 68 valence electrons. The summed E-state index contributed by atoms with van der Waals surface area (Å²) in [5.41, 5.74) is 5.02.